The molecule has 0 bridgehead atoms. The number of carbonyl (C=O) groups excluding carboxylic acids is 2. The summed E-state index contributed by atoms with van der Waals surface area (Å²) in [5.74, 6) is -2.72. The van der Waals surface area contributed by atoms with Crippen LogP contribution in [0.3, 0.4) is 0 Å². The standard InChI is InChI=1S/C20H24F3N3O4/c1-14(2)30-26(19(28)20(21,22)23)17-9-8-16(10-24)25(11-17)12-18(27)29-13-15-6-4-3-5-7-15/h3-7,14,16-17H,8-9,11-13H2,1-2H3. The first-order valence-corrected chi connectivity index (χ1v) is 9.52. The fraction of sp³-hybridized carbons (Fsp3) is 0.550. The summed E-state index contributed by atoms with van der Waals surface area (Å²) in [5, 5.41) is 9.69. The van der Waals surface area contributed by atoms with Crippen molar-refractivity contribution in [1.29, 1.82) is 5.26 Å². The van der Waals surface area contributed by atoms with E-state index in [1.165, 1.54) is 18.7 Å². The smallest absolute Gasteiger partial charge is 0.460 e. The average molecular weight is 427 g/mol. The van der Waals surface area contributed by atoms with Crippen LogP contribution in [0, 0.1) is 11.3 Å². The number of hydrogen-bond acceptors (Lipinski definition) is 6. The summed E-state index contributed by atoms with van der Waals surface area (Å²) in [6, 6.07) is 9.40. The number of likely N-dealkylation sites (tertiary alicyclic amines) is 1. The van der Waals surface area contributed by atoms with Gasteiger partial charge < -0.3 is 4.74 Å². The minimum absolute atomic E-state index is 0.0449. The number of esters is 1. The summed E-state index contributed by atoms with van der Waals surface area (Å²) in [7, 11) is 0. The van der Waals surface area contributed by atoms with Gasteiger partial charge >= 0.3 is 18.1 Å². The van der Waals surface area contributed by atoms with Crippen molar-refractivity contribution in [3.8, 4) is 6.07 Å². The number of benzene rings is 1. The van der Waals surface area contributed by atoms with Gasteiger partial charge in [0.05, 0.1) is 30.8 Å². The van der Waals surface area contributed by atoms with Gasteiger partial charge in [-0.25, -0.2) is 5.06 Å². The predicted octanol–water partition coefficient (Wildman–Crippen LogP) is 2.82. The lowest BCUT2D eigenvalue weighted by molar-refractivity contribution is -0.254. The molecule has 1 aromatic carbocycles. The van der Waals surface area contributed by atoms with Crippen LogP contribution in [0.5, 0.6) is 0 Å². The summed E-state index contributed by atoms with van der Waals surface area (Å²) >= 11 is 0. The molecule has 1 aliphatic rings. The molecule has 2 rings (SSSR count). The van der Waals surface area contributed by atoms with Crippen LogP contribution in [0.4, 0.5) is 13.2 Å². The number of piperidine rings is 1. The van der Waals surface area contributed by atoms with Crippen molar-refractivity contribution in [2.24, 2.45) is 0 Å². The van der Waals surface area contributed by atoms with Gasteiger partial charge in [-0.05, 0) is 32.3 Å². The SMILES string of the molecule is CC(C)ON(C(=O)C(F)(F)F)C1CCC(C#N)N(CC(=O)OCc2ccccc2)C1. The highest BCUT2D eigenvalue weighted by Gasteiger charge is 2.47. The van der Waals surface area contributed by atoms with E-state index in [4.69, 9.17) is 9.57 Å². The van der Waals surface area contributed by atoms with E-state index in [-0.39, 0.29) is 32.5 Å². The van der Waals surface area contributed by atoms with Crippen LogP contribution in [-0.2, 0) is 25.8 Å². The Morgan fingerprint density at radius 1 is 1.27 bits per heavy atom. The summed E-state index contributed by atoms with van der Waals surface area (Å²) in [4.78, 5) is 30.6. The Morgan fingerprint density at radius 2 is 1.93 bits per heavy atom. The van der Waals surface area contributed by atoms with Gasteiger partial charge in [-0.3, -0.25) is 19.3 Å². The molecule has 0 aliphatic carbocycles. The zero-order valence-corrected chi connectivity index (χ0v) is 16.8. The van der Waals surface area contributed by atoms with Crippen LogP contribution in [0.15, 0.2) is 30.3 Å². The highest BCUT2D eigenvalue weighted by Crippen LogP contribution is 2.27. The number of nitriles is 1. The molecule has 1 saturated heterocycles. The van der Waals surface area contributed by atoms with Crippen LogP contribution >= 0.6 is 0 Å². The van der Waals surface area contributed by atoms with Crippen LogP contribution in [0.2, 0.25) is 0 Å². The van der Waals surface area contributed by atoms with Crippen LogP contribution in [-0.4, -0.2) is 59.3 Å². The number of alkyl halides is 3. The Labute approximate surface area is 172 Å². The van der Waals surface area contributed by atoms with Gasteiger partial charge in [0.15, 0.2) is 0 Å². The van der Waals surface area contributed by atoms with E-state index in [1.54, 1.807) is 24.3 Å². The third-order valence-electron chi connectivity index (χ3n) is 4.48. The Kier molecular flexibility index (Phi) is 8.20. The summed E-state index contributed by atoms with van der Waals surface area (Å²) in [6.45, 7) is 2.67. The quantitative estimate of drug-likeness (QED) is 0.492. The van der Waals surface area contributed by atoms with Crippen molar-refractivity contribution in [3.63, 3.8) is 0 Å². The maximum absolute atomic E-state index is 13.0. The fourth-order valence-electron chi connectivity index (χ4n) is 3.14. The lowest BCUT2D eigenvalue weighted by atomic mass is 9.98. The Balaban J connectivity index is 2.05. The van der Waals surface area contributed by atoms with Gasteiger partial charge in [-0.2, -0.15) is 18.4 Å². The fourth-order valence-corrected chi connectivity index (χ4v) is 3.14. The molecule has 164 valence electrons. The molecule has 0 saturated carbocycles. The highest BCUT2D eigenvalue weighted by molar-refractivity contribution is 5.81. The van der Waals surface area contributed by atoms with Gasteiger partial charge in [0, 0.05) is 6.54 Å². The molecule has 10 heteroatoms. The number of rotatable bonds is 7. The van der Waals surface area contributed by atoms with E-state index >= 15 is 0 Å². The van der Waals surface area contributed by atoms with Gasteiger partial charge in [0.1, 0.15) is 6.61 Å². The molecule has 0 radical (unpaired) electrons. The Hall–Kier alpha value is -2.64. The Morgan fingerprint density at radius 3 is 2.50 bits per heavy atom. The van der Waals surface area contributed by atoms with E-state index < -0.39 is 36.2 Å². The van der Waals surface area contributed by atoms with E-state index in [2.05, 4.69) is 0 Å². The van der Waals surface area contributed by atoms with E-state index in [0.29, 0.717) is 5.06 Å². The van der Waals surface area contributed by atoms with E-state index in [0.717, 1.165) is 5.56 Å². The monoisotopic (exact) mass is 427 g/mol. The zero-order valence-electron chi connectivity index (χ0n) is 16.8. The van der Waals surface area contributed by atoms with E-state index in [9.17, 15) is 28.0 Å². The molecule has 0 spiro atoms. The topological polar surface area (TPSA) is 82.9 Å². The first kappa shape index (κ1) is 23.6. The van der Waals surface area contributed by atoms with Crippen LogP contribution in [0.1, 0.15) is 32.3 Å². The van der Waals surface area contributed by atoms with Gasteiger partial charge in [0.25, 0.3) is 0 Å². The normalized spacial score (nSPS) is 19.9. The van der Waals surface area contributed by atoms with Gasteiger partial charge in [0.2, 0.25) is 0 Å². The third-order valence-corrected chi connectivity index (χ3v) is 4.48. The molecule has 1 fully saturated rings. The molecule has 30 heavy (non-hydrogen) atoms. The number of halogens is 3. The van der Waals surface area contributed by atoms with Crippen molar-refractivity contribution in [2.45, 2.75) is 57.7 Å². The second-order valence-corrected chi connectivity index (χ2v) is 7.23. The van der Waals surface area contributed by atoms with Crippen LogP contribution < -0.4 is 0 Å². The molecule has 0 N–H and O–H groups in total. The first-order chi connectivity index (χ1) is 14.1. The second kappa shape index (κ2) is 10.4. The summed E-state index contributed by atoms with van der Waals surface area (Å²) in [6.07, 6.45) is -5.42. The highest BCUT2D eigenvalue weighted by atomic mass is 19.4. The molecule has 7 nitrogen and oxygen atoms in total. The van der Waals surface area contributed by atoms with Gasteiger partial charge in [-0.15, -0.1) is 0 Å². The summed E-state index contributed by atoms with van der Waals surface area (Å²) in [5.41, 5.74) is 0.784. The number of ether oxygens (including phenoxy) is 1. The molecule has 1 heterocycles. The molecular formula is C20H24F3N3O4. The predicted molar refractivity (Wildman–Crippen MR) is 99.4 cm³/mol. The van der Waals surface area contributed by atoms with Crippen molar-refractivity contribution in [2.75, 3.05) is 13.1 Å². The largest absolute Gasteiger partial charge is 0.473 e. The molecule has 1 aromatic rings. The lowest BCUT2D eigenvalue weighted by Crippen LogP contribution is -2.57. The minimum atomic E-state index is -5.10. The molecule has 1 aliphatic heterocycles. The van der Waals surface area contributed by atoms with Crippen molar-refractivity contribution < 1.29 is 32.3 Å². The molecule has 1 amide bonds. The number of hydroxylamine groups is 2. The maximum Gasteiger partial charge on any atom is 0.473 e. The second-order valence-electron chi connectivity index (χ2n) is 7.23. The molecule has 2 unspecified atom stereocenters. The number of nitrogens with zero attached hydrogens (tertiary/aromatic N) is 3. The lowest BCUT2D eigenvalue weighted by Gasteiger charge is -2.40. The van der Waals surface area contributed by atoms with Crippen molar-refractivity contribution in [3.05, 3.63) is 35.9 Å². The van der Waals surface area contributed by atoms with Crippen molar-refractivity contribution >= 4 is 11.9 Å². The van der Waals surface area contributed by atoms with E-state index in [1.807, 2.05) is 12.1 Å². The summed E-state index contributed by atoms with van der Waals surface area (Å²) < 4.78 is 44.2. The number of carbonyl (C=O) groups is 2. The molecule has 2 atom stereocenters. The third kappa shape index (κ3) is 6.71. The number of amides is 1. The van der Waals surface area contributed by atoms with Crippen molar-refractivity contribution in [1.82, 2.24) is 9.96 Å². The minimum Gasteiger partial charge on any atom is -0.460 e. The first-order valence-electron chi connectivity index (χ1n) is 9.52. The maximum atomic E-state index is 13.0. The average Bonchev–Trinajstić information content (AvgIpc) is 2.70. The number of hydrogen-bond donors (Lipinski definition) is 0. The Bertz CT molecular complexity index is 765. The molecular weight excluding hydrogens is 403 g/mol. The van der Waals surface area contributed by atoms with Crippen LogP contribution in [0.25, 0.3) is 0 Å². The van der Waals surface area contributed by atoms with Gasteiger partial charge in [-0.1, -0.05) is 30.3 Å². The molecule has 0 aromatic heterocycles. The zero-order chi connectivity index (χ0) is 22.3.